The summed E-state index contributed by atoms with van der Waals surface area (Å²) >= 11 is 13.6. The quantitative estimate of drug-likeness (QED) is 0.735. The van der Waals surface area contributed by atoms with Crippen LogP contribution in [0.1, 0.15) is 44.7 Å². The SMILES string of the molecule is CC#CCCC(NCCC)c1cc(Cl)sc1Cl. The summed E-state index contributed by atoms with van der Waals surface area (Å²) in [5.41, 5.74) is 1.10. The molecule has 1 rings (SSSR count). The maximum absolute atomic E-state index is 6.19. The summed E-state index contributed by atoms with van der Waals surface area (Å²) in [5, 5.41) is 3.49. The van der Waals surface area contributed by atoms with Crippen LogP contribution in [-0.2, 0) is 0 Å². The van der Waals surface area contributed by atoms with Crippen LogP contribution < -0.4 is 5.32 Å². The van der Waals surface area contributed by atoms with Crippen molar-refractivity contribution < 1.29 is 0 Å². The Hall–Kier alpha value is -0.200. The van der Waals surface area contributed by atoms with Crippen LogP contribution in [0, 0.1) is 11.8 Å². The van der Waals surface area contributed by atoms with E-state index in [0.29, 0.717) is 0 Å². The van der Waals surface area contributed by atoms with Gasteiger partial charge in [0.1, 0.15) is 0 Å². The van der Waals surface area contributed by atoms with Crippen molar-refractivity contribution in [2.75, 3.05) is 6.54 Å². The lowest BCUT2D eigenvalue weighted by atomic mass is 10.1. The van der Waals surface area contributed by atoms with E-state index in [0.717, 1.165) is 40.0 Å². The van der Waals surface area contributed by atoms with Crippen LogP contribution in [0.15, 0.2) is 6.07 Å². The van der Waals surface area contributed by atoms with Gasteiger partial charge in [0, 0.05) is 18.0 Å². The molecule has 0 saturated carbocycles. The molecule has 94 valence electrons. The van der Waals surface area contributed by atoms with E-state index >= 15 is 0 Å². The summed E-state index contributed by atoms with van der Waals surface area (Å²) < 4.78 is 1.53. The van der Waals surface area contributed by atoms with Gasteiger partial charge in [-0.2, -0.15) is 0 Å². The first-order chi connectivity index (χ1) is 8.19. The van der Waals surface area contributed by atoms with Crippen LogP contribution >= 0.6 is 34.5 Å². The molecule has 1 heterocycles. The highest BCUT2D eigenvalue weighted by Crippen LogP contribution is 2.36. The molecule has 4 heteroatoms. The summed E-state index contributed by atoms with van der Waals surface area (Å²) in [4.78, 5) is 0. The van der Waals surface area contributed by atoms with E-state index in [4.69, 9.17) is 23.2 Å². The van der Waals surface area contributed by atoms with Gasteiger partial charge in [-0.25, -0.2) is 0 Å². The standard InChI is InChI=1S/C13H17Cl2NS/c1-3-5-6-7-11(16-8-4-2)10-9-12(14)17-13(10)15/h9,11,16H,4,6-8H2,1-2H3. The number of thiophene rings is 1. The fourth-order valence-electron chi connectivity index (χ4n) is 1.62. The maximum Gasteiger partial charge on any atom is 0.0991 e. The van der Waals surface area contributed by atoms with Crippen molar-refractivity contribution in [1.82, 2.24) is 5.32 Å². The predicted molar refractivity (Wildman–Crippen MR) is 78.1 cm³/mol. The Labute approximate surface area is 118 Å². The lowest BCUT2D eigenvalue weighted by Gasteiger charge is -2.16. The largest absolute Gasteiger partial charge is 0.310 e. The van der Waals surface area contributed by atoms with Crippen molar-refractivity contribution in [3.8, 4) is 11.8 Å². The van der Waals surface area contributed by atoms with Crippen LogP contribution in [0.3, 0.4) is 0 Å². The van der Waals surface area contributed by atoms with Crippen molar-refractivity contribution in [1.29, 1.82) is 0 Å². The zero-order valence-corrected chi connectivity index (χ0v) is 12.5. The van der Waals surface area contributed by atoms with Crippen LogP contribution in [0.4, 0.5) is 0 Å². The Morgan fingerprint density at radius 1 is 1.47 bits per heavy atom. The van der Waals surface area contributed by atoms with Gasteiger partial charge in [-0.05, 0) is 32.4 Å². The van der Waals surface area contributed by atoms with Gasteiger partial charge in [0.2, 0.25) is 0 Å². The van der Waals surface area contributed by atoms with Gasteiger partial charge in [-0.3, -0.25) is 0 Å². The summed E-state index contributed by atoms with van der Waals surface area (Å²) in [6.45, 7) is 5.00. The molecule has 1 aromatic rings. The molecule has 0 aliphatic carbocycles. The third kappa shape index (κ3) is 4.89. The molecule has 1 unspecified atom stereocenters. The minimum absolute atomic E-state index is 0.257. The Balaban J connectivity index is 2.72. The summed E-state index contributed by atoms with van der Waals surface area (Å²) in [6.07, 6.45) is 2.95. The molecule has 0 aromatic carbocycles. The number of halogens is 2. The van der Waals surface area contributed by atoms with Gasteiger partial charge < -0.3 is 5.32 Å². The molecule has 17 heavy (non-hydrogen) atoms. The highest BCUT2D eigenvalue weighted by molar-refractivity contribution is 7.20. The molecule has 0 saturated heterocycles. The zero-order valence-electron chi connectivity index (χ0n) is 10.1. The first-order valence-corrected chi connectivity index (χ1v) is 7.34. The maximum atomic E-state index is 6.19. The second kappa shape index (κ2) is 8.00. The van der Waals surface area contributed by atoms with E-state index in [1.54, 1.807) is 0 Å². The molecule has 1 aromatic heterocycles. The van der Waals surface area contributed by atoms with Gasteiger partial charge in [-0.15, -0.1) is 23.2 Å². The van der Waals surface area contributed by atoms with Crippen molar-refractivity contribution >= 4 is 34.5 Å². The highest BCUT2D eigenvalue weighted by Gasteiger charge is 2.16. The molecule has 0 fully saturated rings. The van der Waals surface area contributed by atoms with Crippen molar-refractivity contribution in [2.45, 2.75) is 39.2 Å². The molecule has 1 atom stereocenters. The summed E-state index contributed by atoms with van der Waals surface area (Å²) in [5.74, 6) is 6.00. The third-order valence-corrected chi connectivity index (χ3v) is 3.95. The molecule has 0 bridgehead atoms. The fraction of sp³-hybridized carbons (Fsp3) is 0.538. The molecule has 0 aliphatic rings. The second-order valence-electron chi connectivity index (χ2n) is 3.75. The normalized spacial score (nSPS) is 12.0. The molecule has 0 spiro atoms. The smallest absolute Gasteiger partial charge is 0.0991 e. The van der Waals surface area contributed by atoms with E-state index in [-0.39, 0.29) is 6.04 Å². The van der Waals surface area contributed by atoms with Crippen LogP contribution in [0.2, 0.25) is 8.67 Å². The minimum Gasteiger partial charge on any atom is -0.310 e. The van der Waals surface area contributed by atoms with Gasteiger partial charge in [0.05, 0.1) is 8.67 Å². The Morgan fingerprint density at radius 2 is 2.24 bits per heavy atom. The molecule has 1 nitrogen and oxygen atoms in total. The van der Waals surface area contributed by atoms with Crippen LogP contribution in [-0.4, -0.2) is 6.54 Å². The first kappa shape index (κ1) is 14.9. The number of nitrogens with one attached hydrogen (secondary N) is 1. The Morgan fingerprint density at radius 3 is 2.76 bits per heavy atom. The highest BCUT2D eigenvalue weighted by atomic mass is 35.5. The molecular formula is C13H17Cl2NS. The molecule has 0 radical (unpaired) electrons. The van der Waals surface area contributed by atoms with Gasteiger partial charge in [0.15, 0.2) is 0 Å². The number of hydrogen-bond donors (Lipinski definition) is 1. The van der Waals surface area contributed by atoms with Gasteiger partial charge >= 0.3 is 0 Å². The minimum atomic E-state index is 0.257. The van der Waals surface area contributed by atoms with Gasteiger partial charge in [0.25, 0.3) is 0 Å². The zero-order chi connectivity index (χ0) is 12.7. The summed E-state index contributed by atoms with van der Waals surface area (Å²) in [6, 6.07) is 2.22. The topological polar surface area (TPSA) is 12.0 Å². The molecular weight excluding hydrogens is 273 g/mol. The number of rotatable bonds is 6. The van der Waals surface area contributed by atoms with Crippen LogP contribution in [0.5, 0.6) is 0 Å². The number of hydrogen-bond acceptors (Lipinski definition) is 2. The van der Waals surface area contributed by atoms with E-state index in [1.165, 1.54) is 11.3 Å². The fourth-order valence-corrected chi connectivity index (χ4v) is 3.20. The predicted octanol–water partition coefficient (Wildman–Crippen LogP) is 4.90. The van der Waals surface area contributed by atoms with Crippen molar-refractivity contribution in [2.24, 2.45) is 0 Å². The molecule has 0 aliphatic heterocycles. The average molecular weight is 290 g/mol. The monoisotopic (exact) mass is 289 g/mol. The van der Waals surface area contributed by atoms with Crippen molar-refractivity contribution in [3.63, 3.8) is 0 Å². The molecule has 0 amide bonds. The summed E-state index contributed by atoms with van der Waals surface area (Å²) in [7, 11) is 0. The molecule has 1 N–H and O–H groups in total. The van der Waals surface area contributed by atoms with Gasteiger partial charge in [-0.1, -0.05) is 30.1 Å². The lowest BCUT2D eigenvalue weighted by Crippen LogP contribution is -2.21. The van der Waals surface area contributed by atoms with E-state index < -0.39 is 0 Å². The van der Waals surface area contributed by atoms with E-state index in [9.17, 15) is 0 Å². The van der Waals surface area contributed by atoms with E-state index in [2.05, 4.69) is 24.1 Å². The second-order valence-corrected chi connectivity index (χ2v) is 6.04. The lowest BCUT2D eigenvalue weighted by molar-refractivity contribution is 0.507. The first-order valence-electron chi connectivity index (χ1n) is 5.76. The third-order valence-electron chi connectivity index (χ3n) is 2.43. The van der Waals surface area contributed by atoms with E-state index in [1.807, 2.05) is 13.0 Å². The van der Waals surface area contributed by atoms with Crippen molar-refractivity contribution in [3.05, 3.63) is 20.3 Å². The average Bonchev–Trinajstić information content (AvgIpc) is 2.63. The van der Waals surface area contributed by atoms with Crippen LogP contribution in [0.25, 0.3) is 0 Å². The Bertz CT molecular complexity index is 403. The Kier molecular flexibility index (Phi) is 6.99.